The molecule has 0 saturated carbocycles. The van der Waals surface area contributed by atoms with E-state index < -0.39 is 34.1 Å². The molecular formula is C26H20N2O2Te2. The van der Waals surface area contributed by atoms with Crippen molar-refractivity contribution in [3.05, 3.63) is 120 Å². The van der Waals surface area contributed by atoms with Crippen LogP contribution in [0.3, 0.4) is 0 Å². The number of amides is 2. The summed E-state index contributed by atoms with van der Waals surface area (Å²) < 4.78 is 2.26. The molecule has 4 rings (SSSR count). The van der Waals surface area contributed by atoms with E-state index in [1.54, 1.807) is 0 Å². The van der Waals surface area contributed by atoms with Crippen LogP contribution in [-0.2, 0) is 0 Å². The zero-order chi connectivity index (χ0) is 22.2. The molecule has 0 bridgehead atoms. The van der Waals surface area contributed by atoms with E-state index in [0.717, 1.165) is 29.7 Å². The Kier molecular flexibility index (Phi) is 7.99. The zero-order valence-corrected chi connectivity index (χ0v) is 21.7. The summed E-state index contributed by atoms with van der Waals surface area (Å²) in [6.07, 6.45) is 0. The number of anilines is 2. The van der Waals surface area contributed by atoms with Crippen molar-refractivity contribution in [3.63, 3.8) is 0 Å². The molecule has 0 aromatic heterocycles. The van der Waals surface area contributed by atoms with Gasteiger partial charge in [-0.3, -0.25) is 0 Å². The Morgan fingerprint density at radius 1 is 0.469 bits per heavy atom. The predicted octanol–water partition coefficient (Wildman–Crippen LogP) is 3.47. The fourth-order valence-corrected chi connectivity index (χ4v) is 14.7. The molecule has 0 saturated heterocycles. The van der Waals surface area contributed by atoms with Crippen LogP contribution in [0.25, 0.3) is 0 Å². The van der Waals surface area contributed by atoms with Gasteiger partial charge in [-0.25, -0.2) is 0 Å². The minimum atomic E-state index is -0.610. The van der Waals surface area contributed by atoms with Crippen molar-refractivity contribution < 1.29 is 9.59 Å². The molecule has 6 heteroatoms. The van der Waals surface area contributed by atoms with Gasteiger partial charge in [0.25, 0.3) is 0 Å². The number of hydrogen-bond donors (Lipinski definition) is 2. The minimum absolute atomic E-state index is 0.0838. The van der Waals surface area contributed by atoms with Gasteiger partial charge in [0, 0.05) is 0 Å². The first-order valence-electron chi connectivity index (χ1n) is 9.96. The van der Waals surface area contributed by atoms with Gasteiger partial charge >= 0.3 is 205 Å². The number of hydrogen-bond acceptors (Lipinski definition) is 2. The van der Waals surface area contributed by atoms with Crippen LogP contribution in [0, 0.1) is 0 Å². The van der Waals surface area contributed by atoms with Gasteiger partial charge < -0.3 is 0 Å². The number of carbonyl (C=O) groups is 2. The Bertz CT molecular complexity index is 1120. The SMILES string of the molecule is O=C(Nc1ccccc1)c1ccccc1[Te][Te]c1ccccc1C(=O)Nc1ccccc1. The number of benzene rings is 4. The van der Waals surface area contributed by atoms with Gasteiger partial charge in [0.2, 0.25) is 0 Å². The number of carbonyl (C=O) groups excluding carboxylic acids is 2. The Labute approximate surface area is 203 Å². The third-order valence-electron chi connectivity index (χ3n) is 4.55. The maximum absolute atomic E-state index is 12.9. The Morgan fingerprint density at radius 2 is 0.812 bits per heavy atom. The summed E-state index contributed by atoms with van der Waals surface area (Å²) in [5.41, 5.74) is 3.03. The summed E-state index contributed by atoms with van der Waals surface area (Å²) in [5, 5.41) is 5.97. The molecular weight excluding hydrogens is 627 g/mol. The Morgan fingerprint density at radius 3 is 1.22 bits per heavy atom. The topological polar surface area (TPSA) is 58.2 Å². The van der Waals surface area contributed by atoms with Crippen molar-refractivity contribution in [2.75, 3.05) is 10.6 Å². The summed E-state index contributed by atoms with van der Waals surface area (Å²) >= 11 is -1.22. The van der Waals surface area contributed by atoms with Crippen LogP contribution in [0.15, 0.2) is 109 Å². The van der Waals surface area contributed by atoms with Gasteiger partial charge in [-0.05, 0) is 0 Å². The first-order valence-corrected chi connectivity index (χ1v) is 19.6. The second-order valence-corrected chi connectivity index (χ2v) is 16.6. The fraction of sp³-hybridized carbons (Fsp3) is 0. The monoisotopic (exact) mass is 652 g/mol. The van der Waals surface area contributed by atoms with E-state index in [2.05, 4.69) is 22.8 Å². The summed E-state index contributed by atoms with van der Waals surface area (Å²) in [6, 6.07) is 34.6. The molecule has 32 heavy (non-hydrogen) atoms. The second-order valence-electron chi connectivity index (χ2n) is 6.80. The molecule has 2 N–H and O–H groups in total. The van der Waals surface area contributed by atoms with Crippen LogP contribution in [0.1, 0.15) is 20.7 Å². The van der Waals surface area contributed by atoms with Crippen LogP contribution in [0.4, 0.5) is 11.4 Å². The average Bonchev–Trinajstić information content (AvgIpc) is 2.84. The van der Waals surface area contributed by atoms with E-state index in [4.69, 9.17) is 0 Å². The van der Waals surface area contributed by atoms with E-state index in [1.807, 2.05) is 97.1 Å². The van der Waals surface area contributed by atoms with Crippen molar-refractivity contribution in [2.45, 2.75) is 0 Å². The van der Waals surface area contributed by atoms with Crippen molar-refractivity contribution in [1.29, 1.82) is 0 Å². The number of nitrogens with one attached hydrogen (secondary N) is 2. The molecule has 0 heterocycles. The Hall–Kier alpha value is -2.60. The summed E-state index contributed by atoms with van der Waals surface area (Å²) in [7, 11) is 0. The van der Waals surface area contributed by atoms with E-state index in [0.29, 0.717) is 0 Å². The number of para-hydroxylation sites is 2. The van der Waals surface area contributed by atoms with Crippen molar-refractivity contribution in [1.82, 2.24) is 0 Å². The fourth-order valence-electron chi connectivity index (χ4n) is 2.98. The van der Waals surface area contributed by atoms with E-state index in [9.17, 15) is 9.59 Å². The molecule has 0 aliphatic rings. The molecule has 2 amide bonds. The molecule has 0 atom stereocenters. The van der Waals surface area contributed by atoms with E-state index in [-0.39, 0.29) is 11.8 Å². The first-order chi connectivity index (χ1) is 15.7. The third kappa shape index (κ3) is 6.00. The van der Waals surface area contributed by atoms with Gasteiger partial charge in [0.05, 0.1) is 0 Å². The van der Waals surface area contributed by atoms with Gasteiger partial charge in [-0.1, -0.05) is 0 Å². The first kappa shape index (κ1) is 22.6. The van der Waals surface area contributed by atoms with Gasteiger partial charge in [-0.15, -0.1) is 0 Å². The molecule has 0 fully saturated rings. The quantitative estimate of drug-likeness (QED) is 0.302. The molecule has 0 unspecified atom stereocenters. The normalized spacial score (nSPS) is 10.4. The van der Waals surface area contributed by atoms with E-state index in [1.165, 1.54) is 0 Å². The number of rotatable bonds is 7. The molecule has 4 nitrogen and oxygen atoms in total. The van der Waals surface area contributed by atoms with Crippen molar-refractivity contribution >= 4 is 64.5 Å². The average molecular weight is 648 g/mol. The summed E-state index contributed by atoms with van der Waals surface area (Å²) in [4.78, 5) is 25.8. The van der Waals surface area contributed by atoms with Crippen LogP contribution in [-0.4, -0.2) is 45.9 Å². The van der Waals surface area contributed by atoms with Gasteiger partial charge in [0.1, 0.15) is 0 Å². The third-order valence-corrected chi connectivity index (χ3v) is 16.3. The van der Waals surface area contributed by atoms with Crippen LogP contribution < -0.4 is 17.9 Å². The molecule has 0 aliphatic carbocycles. The standard InChI is InChI=1S/C26H20N2O2Te2/c29-25(27-19-11-3-1-4-12-19)21-15-7-9-17-23(21)31-32-24-18-10-8-16-22(24)26(30)28-20-13-5-2-6-14-20/h1-18H,(H,27,29)(H,28,30). The molecule has 4 aromatic carbocycles. The Balaban J connectivity index is 1.49. The molecule has 0 spiro atoms. The van der Waals surface area contributed by atoms with Gasteiger partial charge in [0.15, 0.2) is 0 Å². The van der Waals surface area contributed by atoms with Gasteiger partial charge in [-0.2, -0.15) is 0 Å². The molecule has 0 aliphatic heterocycles. The maximum atomic E-state index is 12.9. The predicted molar refractivity (Wildman–Crippen MR) is 132 cm³/mol. The second kappa shape index (κ2) is 11.3. The summed E-state index contributed by atoms with van der Waals surface area (Å²) in [5.74, 6) is -0.168. The van der Waals surface area contributed by atoms with E-state index >= 15 is 0 Å². The zero-order valence-electron chi connectivity index (χ0n) is 17.0. The molecule has 4 aromatic rings. The summed E-state index contributed by atoms with van der Waals surface area (Å²) in [6.45, 7) is 0. The van der Waals surface area contributed by atoms with Crippen molar-refractivity contribution in [3.8, 4) is 0 Å². The van der Waals surface area contributed by atoms with Crippen LogP contribution in [0.2, 0.25) is 0 Å². The molecule has 0 radical (unpaired) electrons. The van der Waals surface area contributed by atoms with Crippen molar-refractivity contribution in [2.24, 2.45) is 0 Å². The van der Waals surface area contributed by atoms with Crippen LogP contribution in [0.5, 0.6) is 0 Å². The van der Waals surface area contributed by atoms with Crippen LogP contribution >= 0.6 is 0 Å². The molecule has 158 valence electrons.